The normalized spacial score (nSPS) is 13.3. The molecule has 0 fully saturated rings. The lowest BCUT2D eigenvalue weighted by molar-refractivity contribution is -0.123. The predicted molar refractivity (Wildman–Crippen MR) is 221 cm³/mol. The summed E-state index contributed by atoms with van der Waals surface area (Å²) in [4.78, 5) is 12.4. The van der Waals surface area contributed by atoms with Crippen LogP contribution in [0.1, 0.15) is 232 Å². The maximum atomic E-state index is 12.4. The molecule has 50 heavy (non-hydrogen) atoms. The Kier molecular flexibility index (Phi) is 40.9. The van der Waals surface area contributed by atoms with Gasteiger partial charge in [-0.05, 0) is 51.4 Å². The Bertz CT molecular complexity index is 760. The van der Waals surface area contributed by atoms with Crippen LogP contribution >= 0.6 is 0 Å². The van der Waals surface area contributed by atoms with Crippen LogP contribution in [0, 0.1) is 0 Å². The summed E-state index contributed by atoms with van der Waals surface area (Å²) in [6, 6.07) is -0.539. The van der Waals surface area contributed by atoms with Crippen molar-refractivity contribution in [2.45, 2.75) is 244 Å². The third-order valence-corrected chi connectivity index (χ3v) is 10.2. The van der Waals surface area contributed by atoms with Crippen LogP contribution < -0.4 is 5.32 Å². The minimum Gasteiger partial charge on any atom is -0.394 e. The lowest BCUT2D eigenvalue weighted by atomic mass is 10.0. The summed E-state index contributed by atoms with van der Waals surface area (Å²) in [6.45, 7) is 4.35. The number of rotatable bonds is 40. The monoisotopic (exact) mass is 702 g/mol. The van der Waals surface area contributed by atoms with Crippen LogP contribution in [0.2, 0.25) is 0 Å². The van der Waals surface area contributed by atoms with Crippen molar-refractivity contribution in [3.8, 4) is 0 Å². The van der Waals surface area contributed by atoms with Crippen molar-refractivity contribution in [2.24, 2.45) is 0 Å². The molecule has 0 saturated heterocycles. The average molecular weight is 702 g/mol. The second-order valence-corrected chi connectivity index (χ2v) is 15.1. The van der Waals surface area contributed by atoms with Gasteiger partial charge in [0.2, 0.25) is 5.91 Å². The molecular weight excluding hydrogens is 615 g/mol. The molecule has 4 heteroatoms. The molecule has 0 rings (SSSR count). The zero-order valence-electron chi connectivity index (χ0n) is 33.7. The second kappa shape index (κ2) is 42.0. The molecule has 0 aromatic carbocycles. The van der Waals surface area contributed by atoms with Gasteiger partial charge in [-0.25, -0.2) is 0 Å². The van der Waals surface area contributed by atoms with E-state index in [4.69, 9.17) is 0 Å². The SMILES string of the molecule is CCCCCCC/C=C\C/C=C\C/C=C\CCCCCCCCCCC(=O)NC(CO)C(O)CCCCCCCCCCCCCCCCC. The van der Waals surface area contributed by atoms with E-state index < -0.39 is 12.1 Å². The van der Waals surface area contributed by atoms with Crippen molar-refractivity contribution in [3.63, 3.8) is 0 Å². The lowest BCUT2D eigenvalue weighted by Gasteiger charge is -2.22. The van der Waals surface area contributed by atoms with Crippen LogP contribution in [-0.4, -0.2) is 34.9 Å². The molecule has 0 saturated carbocycles. The summed E-state index contributed by atoms with van der Waals surface area (Å²) in [6.07, 6.45) is 55.0. The molecule has 0 aromatic rings. The summed E-state index contributed by atoms with van der Waals surface area (Å²) < 4.78 is 0. The highest BCUT2D eigenvalue weighted by Gasteiger charge is 2.20. The Morgan fingerprint density at radius 3 is 1.22 bits per heavy atom. The summed E-state index contributed by atoms with van der Waals surface area (Å²) in [7, 11) is 0. The lowest BCUT2D eigenvalue weighted by Crippen LogP contribution is -2.45. The van der Waals surface area contributed by atoms with E-state index in [2.05, 4.69) is 55.6 Å². The zero-order chi connectivity index (χ0) is 36.4. The van der Waals surface area contributed by atoms with Gasteiger partial charge >= 0.3 is 0 Å². The topological polar surface area (TPSA) is 69.6 Å². The van der Waals surface area contributed by atoms with Crippen molar-refractivity contribution in [1.29, 1.82) is 0 Å². The minimum atomic E-state index is -0.662. The van der Waals surface area contributed by atoms with Gasteiger partial charge in [0.25, 0.3) is 0 Å². The minimum absolute atomic E-state index is 0.0385. The van der Waals surface area contributed by atoms with E-state index >= 15 is 0 Å². The maximum Gasteiger partial charge on any atom is 0.220 e. The fourth-order valence-electron chi connectivity index (χ4n) is 6.72. The molecule has 0 aromatic heterocycles. The molecule has 0 aliphatic heterocycles. The van der Waals surface area contributed by atoms with E-state index in [0.717, 1.165) is 38.5 Å². The number of nitrogens with one attached hydrogen (secondary N) is 1. The highest BCUT2D eigenvalue weighted by molar-refractivity contribution is 5.76. The van der Waals surface area contributed by atoms with E-state index in [9.17, 15) is 15.0 Å². The molecule has 0 spiro atoms. The van der Waals surface area contributed by atoms with Crippen molar-refractivity contribution < 1.29 is 15.0 Å². The van der Waals surface area contributed by atoms with Crippen molar-refractivity contribution in [1.82, 2.24) is 5.32 Å². The number of hydrogen-bond acceptors (Lipinski definition) is 3. The Morgan fingerprint density at radius 2 is 0.820 bits per heavy atom. The van der Waals surface area contributed by atoms with Crippen molar-refractivity contribution in [2.75, 3.05) is 6.61 Å². The first kappa shape index (κ1) is 48.6. The quantitative estimate of drug-likeness (QED) is 0.0440. The van der Waals surface area contributed by atoms with E-state index in [0.29, 0.717) is 12.8 Å². The fraction of sp³-hybridized carbons (Fsp3) is 0.848. The molecule has 3 N–H and O–H groups in total. The van der Waals surface area contributed by atoms with Gasteiger partial charge in [-0.3, -0.25) is 4.79 Å². The van der Waals surface area contributed by atoms with E-state index in [1.165, 1.54) is 167 Å². The van der Waals surface area contributed by atoms with Crippen molar-refractivity contribution in [3.05, 3.63) is 36.5 Å². The largest absolute Gasteiger partial charge is 0.394 e. The maximum absolute atomic E-state index is 12.4. The first-order valence-corrected chi connectivity index (χ1v) is 22.2. The number of carbonyl (C=O) groups is 1. The van der Waals surface area contributed by atoms with Gasteiger partial charge in [0.15, 0.2) is 0 Å². The van der Waals surface area contributed by atoms with Gasteiger partial charge in [-0.15, -0.1) is 0 Å². The number of hydrogen-bond donors (Lipinski definition) is 3. The summed E-state index contributed by atoms with van der Waals surface area (Å²) in [5.74, 6) is -0.0385. The summed E-state index contributed by atoms with van der Waals surface area (Å²) in [5, 5.41) is 23.2. The third kappa shape index (κ3) is 37.9. The Balaban J connectivity index is 3.55. The number of carbonyl (C=O) groups excluding carboxylic acids is 1. The molecule has 4 nitrogen and oxygen atoms in total. The standard InChI is InChI=1S/C46H87NO3/c1-3-5-7-9-11-13-15-17-19-20-21-22-23-24-25-26-28-30-32-34-36-38-40-42-46(50)47-44(43-48)45(49)41-39-37-35-33-31-29-27-18-16-14-12-10-8-6-4-2/h15,17,20-21,23-24,44-45,48-49H,3-14,16,18-19,22,25-43H2,1-2H3,(H,47,50)/b17-15-,21-20-,24-23-. The van der Waals surface area contributed by atoms with E-state index in [1.54, 1.807) is 0 Å². The number of amides is 1. The first-order chi connectivity index (χ1) is 24.7. The van der Waals surface area contributed by atoms with Crippen LogP contribution in [-0.2, 0) is 4.79 Å². The molecule has 0 radical (unpaired) electrons. The summed E-state index contributed by atoms with van der Waals surface area (Å²) in [5.41, 5.74) is 0. The predicted octanol–water partition coefficient (Wildman–Crippen LogP) is 13.8. The van der Waals surface area contributed by atoms with Crippen LogP contribution in [0.25, 0.3) is 0 Å². The number of allylic oxidation sites excluding steroid dienone is 6. The molecule has 0 bridgehead atoms. The molecule has 0 aliphatic carbocycles. The van der Waals surface area contributed by atoms with Crippen molar-refractivity contribution >= 4 is 5.91 Å². The Morgan fingerprint density at radius 1 is 0.480 bits per heavy atom. The molecule has 0 aliphatic rings. The molecule has 2 unspecified atom stereocenters. The molecule has 2 atom stereocenters. The first-order valence-electron chi connectivity index (χ1n) is 22.2. The van der Waals surface area contributed by atoms with Gasteiger partial charge < -0.3 is 15.5 Å². The van der Waals surface area contributed by atoms with Gasteiger partial charge in [0, 0.05) is 6.42 Å². The van der Waals surface area contributed by atoms with Gasteiger partial charge in [-0.2, -0.15) is 0 Å². The number of aliphatic hydroxyl groups excluding tert-OH is 2. The van der Waals surface area contributed by atoms with Crippen LogP contribution in [0.3, 0.4) is 0 Å². The highest BCUT2D eigenvalue weighted by atomic mass is 16.3. The molecular formula is C46H87NO3. The molecule has 294 valence electrons. The third-order valence-electron chi connectivity index (χ3n) is 10.2. The molecule has 1 amide bonds. The molecule has 0 heterocycles. The van der Waals surface area contributed by atoms with E-state index in [1.807, 2.05) is 0 Å². The van der Waals surface area contributed by atoms with Gasteiger partial charge in [-0.1, -0.05) is 211 Å². The van der Waals surface area contributed by atoms with Gasteiger partial charge in [0.05, 0.1) is 18.8 Å². The summed E-state index contributed by atoms with van der Waals surface area (Å²) >= 11 is 0. The van der Waals surface area contributed by atoms with Crippen LogP contribution in [0.4, 0.5) is 0 Å². The average Bonchev–Trinajstić information content (AvgIpc) is 3.12. The Hall–Kier alpha value is -1.39. The number of aliphatic hydroxyl groups is 2. The van der Waals surface area contributed by atoms with E-state index in [-0.39, 0.29) is 12.5 Å². The fourth-order valence-corrected chi connectivity index (χ4v) is 6.72. The van der Waals surface area contributed by atoms with Crippen LogP contribution in [0.15, 0.2) is 36.5 Å². The zero-order valence-corrected chi connectivity index (χ0v) is 33.7. The number of unbranched alkanes of at least 4 members (excludes halogenated alkanes) is 27. The Labute approximate surface area is 312 Å². The van der Waals surface area contributed by atoms with Crippen LogP contribution in [0.5, 0.6) is 0 Å². The smallest absolute Gasteiger partial charge is 0.220 e. The van der Waals surface area contributed by atoms with Gasteiger partial charge in [0.1, 0.15) is 0 Å². The second-order valence-electron chi connectivity index (χ2n) is 15.1. The highest BCUT2D eigenvalue weighted by Crippen LogP contribution is 2.15.